The summed E-state index contributed by atoms with van der Waals surface area (Å²) < 4.78 is 4.95. The SMILES string of the molecule is C=C(CN1C(C)CCCC1C)C(=O)OCC. The maximum Gasteiger partial charge on any atom is 0.334 e. The number of carbonyl (C=O) groups excluding carboxylic acids is 1. The first-order valence-corrected chi connectivity index (χ1v) is 6.16. The molecule has 1 rings (SSSR count). The van der Waals surface area contributed by atoms with Gasteiger partial charge in [-0.25, -0.2) is 4.79 Å². The number of esters is 1. The van der Waals surface area contributed by atoms with Crippen LogP contribution in [-0.2, 0) is 9.53 Å². The zero-order chi connectivity index (χ0) is 12.1. The average Bonchev–Trinajstić information content (AvgIpc) is 2.23. The second-order valence-electron chi connectivity index (χ2n) is 4.63. The molecule has 1 fully saturated rings. The number of carbonyl (C=O) groups is 1. The van der Waals surface area contributed by atoms with Gasteiger partial charge in [-0.15, -0.1) is 0 Å². The van der Waals surface area contributed by atoms with Crippen LogP contribution < -0.4 is 0 Å². The van der Waals surface area contributed by atoms with E-state index in [1.165, 1.54) is 19.3 Å². The van der Waals surface area contributed by atoms with Gasteiger partial charge < -0.3 is 4.74 Å². The van der Waals surface area contributed by atoms with Gasteiger partial charge in [-0.1, -0.05) is 13.0 Å². The van der Waals surface area contributed by atoms with E-state index in [0.717, 1.165) is 0 Å². The highest BCUT2D eigenvalue weighted by Crippen LogP contribution is 2.23. The van der Waals surface area contributed by atoms with Crippen molar-refractivity contribution in [3.05, 3.63) is 12.2 Å². The van der Waals surface area contributed by atoms with E-state index < -0.39 is 0 Å². The summed E-state index contributed by atoms with van der Waals surface area (Å²) in [6, 6.07) is 1.07. The largest absolute Gasteiger partial charge is 0.463 e. The van der Waals surface area contributed by atoms with E-state index in [-0.39, 0.29) is 5.97 Å². The minimum absolute atomic E-state index is 0.257. The molecule has 16 heavy (non-hydrogen) atoms. The summed E-state index contributed by atoms with van der Waals surface area (Å²) in [4.78, 5) is 13.8. The van der Waals surface area contributed by atoms with Crippen molar-refractivity contribution in [1.82, 2.24) is 4.90 Å². The maximum atomic E-state index is 11.5. The summed E-state index contributed by atoms with van der Waals surface area (Å²) in [5.74, 6) is -0.257. The summed E-state index contributed by atoms with van der Waals surface area (Å²) in [5.41, 5.74) is 0.572. The van der Waals surface area contributed by atoms with E-state index in [1.54, 1.807) is 0 Å². The van der Waals surface area contributed by atoms with E-state index in [4.69, 9.17) is 4.74 Å². The molecule has 0 aliphatic carbocycles. The number of likely N-dealkylation sites (tertiary alicyclic amines) is 1. The molecule has 0 aromatic rings. The highest BCUT2D eigenvalue weighted by molar-refractivity contribution is 5.88. The molecule has 0 radical (unpaired) electrons. The molecule has 3 nitrogen and oxygen atoms in total. The van der Waals surface area contributed by atoms with Gasteiger partial charge in [0.1, 0.15) is 0 Å². The molecular weight excluding hydrogens is 202 g/mol. The monoisotopic (exact) mass is 225 g/mol. The van der Waals surface area contributed by atoms with Gasteiger partial charge in [-0.2, -0.15) is 0 Å². The van der Waals surface area contributed by atoms with E-state index in [0.29, 0.717) is 30.8 Å². The molecule has 1 aliphatic heterocycles. The summed E-state index contributed by atoms with van der Waals surface area (Å²) in [6.07, 6.45) is 3.70. The number of ether oxygens (including phenoxy) is 1. The Morgan fingerprint density at radius 1 is 1.38 bits per heavy atom. The Morgan fingerprint density at radius 3 is 2.44 bits per heavy atom. The van der Waals surface area contributed by atoms with Crippen molar-refractivity contribution in [3.8, 4) is 0 Å². The lowest BCUT2D eigenvalue weighted by atomic mass is 9.97. The molecule has 0 aromatic heterocycles. The Bertz CT molecular complexity index is 253. The molecule has 0 bridgehead atoms. The fraction of sp³-hybridized carbons (Fsp3) is 0.769. The standard InChI is InChI=1S/C13H23NO2/c1-5-16-13(15)10(2)9-14-11(3)7-6-8-12(14)4/h11-12H,2,5-9H2,1,3-4H3. The first-order chi connectivity index (χ1) is 7.56. The molecule has 2 atom stereocenters. The molecule has 0 amide bonds. The lowest BCUT2D eigenvalue weighted by Gasteiger charge is -2.39. The maximum absolute atomic E-state index is 11.5. The number of nitrogens with zero attached hydrogens (tertiary/aromatic N) is 1. The van der Waals surface area contributed by atoms with Gasteiger partial charge in [-0.05, 0) is 33.6 Å². The van der Waals surface area contributed by atoms with Crippen molar-refractivity contribution in [1.29, 1.82) is 0 Å². The summed E-state index contributed by atoms with van der Waals surface area (Å²) in [5, 5.41) is 0. The Labute approximate surface area is 98.5 Å². The Kier molecular flexibility index (Phi) is 5.00. The Morgan fingerprint density at radius 2 is 1.94 bits per heavy atom. The van der Waals surface area contributed by atoms with Crippen LogP contribution in [0.3, 0.4) is 0 Å². The molecule has 1 saturated heterocycles. The molecule has 0 spiro atoms. The Hall–Kier alpha value is -0.830. The van der Waals surface area contributed by atoms with E-state index in [9.17, 15) is 4.79 Å². The lowest BCUT2D eigenvalue weighted by molar-refractivity contribution is -0.138. The number of hydrogen-bond acceptors (Lipinski definition) is 3. The third kappa shape index (κ3) is 3.34. The molecule has 0 saturated carbocycles. The smallest absolute Gasteiger partial charge is 0.334 e. The summed E-state index contributed by atoms with van der Waals surface area (Å²) >= 11 is 0. The van der Waals surface area contributed by atoms with Crippen molar-refractivity contribution >= 4 is 5.97 Å². The van der Waals surface area contributed by atoms with E-state index in [2.05, 4.69) is 25.3 Å². The van der Waals surface area contributed by atoms with Crippen LogP contribution in [0.25, 0.3) is 0 Å². The van der Waals surface area contributed by atoms with Crippen LogP contribution in [-0.4, -0.2) is 36.1 Å². The van der Waals surface area contributed by atoms with Gasteiger partial charge >= 0.3 is 5.97 Å². The van der Waals surface area contributed by atoms with Crippen LogP contribution in [0.5, 0.6) is 0 Å². The van der Waals surface area contributed by atoms with Crippen molar-refractivity contribution in [2.24, 2.45) is 0 Å². The predicted octanol–water partition coefficient (Wildman–Crippen LogP) is 2.37. The minimum atomic E-state index is -0.257. The fourth-order valence-electron chi connectivity index (χ4n) is 2.30. The highest BCUT2D eigenvalue weighted by atomic mass is 16.5. The number of hydrogen-bond donors (Lipinski definition) is 0. The van der Waals surface area contributed by atoms with Gasteiger partial charge in [-0.3, -0.25) is 4.90 Å². The molecule has 0 N–H and O–H groups in total. The fourth-order valence-corrected chi connectivity index (χ4v) is 2.30. The number of piperidine rings is 1. The van der Waals surface area contributed by atoms with Crippen LogP contribution in [0.1, 0.15) is 40.0 Å². The average molecular weight is 225 g/mol. The first-order valence-electron chi connectivity index (χ1n) is 6.16. The van der Waals surface area contributed by atoms with Gasteiger partial charge in [0.2, 0.25) is 0 Å². The topological polar surface area (TPSA) is 29.5 Å². The van der Waals surface area contributed by atoms with Crippen LogP contribution >= 0.6 is 0 Å². The summed E-state index contributed by atoms with van der Waals surface area (Å²) in [6.45, 7) is 11.1. The second-order valence-corrected chi connectivity index (χ2v) is 4.63. The van der Waals surface area contributed by atoms with Crippen molar-refractivity contribution < 1.29 is 9.53 Å². The molecule has 1 heterocycles. The zero-order valence-electron chi connectivity index (χ0n) is 10.7. The van der Waals surface area contributed by atoms with Crippen molar-refractivity contribution in [3.63, 3.8) is 0 Å². The van der Waals surface area contributed by atoms with E-state index >= 15 is 0 Å². The van der Waals surface area contributed by atoms with Crippen LogP contribution in [0.2, 0.25) is 0 Å². The molecular formula is C13H23NO2. The van der Waals surface area contributed by atoms with Gasteiger partial charge in [0.15, 0.2) is 0 Å². The lowest BCUT2D eigenvalue weighted by Crippen LogP contribution is -2.45. The predicted molar refractivity (Wildman–Crippen MR) is 65.3 cm³/mol. The third-order valence-corrected chi connectivity index (χ3v) is 3.31. The molecule has 1 aliphatic rings. The second kappa shape index (κ2) is 6.04. The molecule has 92 valence electrons. The Balaban J connectivity index is 2.51. The highest BCUT2D eigenvalue weighted by Gasteiger charge is 2.26. The van der Waals surface area contributed by atoms with Crippen LogP contribution in [0.4, 0.5) is 0 Å². The van der Waals surface area contributed by atoms with Gasteiger partial charge in [0, 0.05) is 24.2 Å². The van der Waals surface area contributed by atoms with Crippen molar-refractivity contribution in [2.45, 2.75) is 52.1 Å². The third-order valence-electron chi connectivity index (χ3n) is 3.31. The zero-order valence-corrected chi connectivity index (χ0v) is 10.7. The molecule has 0 aromatic carbocycles. The van der Waals surface area contributed by atoms with Crippen LogP contribution in [0.15, 0.2) is 12.2 Å². The quantitative estimate of drug-likeness (QED) is 0.543. The first kappa shape index (κ1) is 13.2. The van der Waals surface area contributed by atoms with E-state index in [1.807, 2.05) is 6.92 Å². The normalized spacial score (nSPS) is 26.4. The number of rotatable bonds is 4. The van der Waals surface area contributed by atoms with Gasteiger partial charge in [0.05, 0.1) is 6.61 Å². The summed E-state index contributed by atoms with van der Waals surface area (Å²) in [7, 11) is 0. The molecule has 2 unspecified atom stereocenters. The van der Waals surface area contributed by atoms with Crippen molar-refractivity contribution in [2.75, 3.05) is 13.2 Å². The van der Waals surface area contributed by atoms with Gasteiger partial charge in [0.25, 0.3) is 0 Å². The van der Waals surface area contributed by atoms with Crippen LogP contribution in [0, 0.1) is 0 Å². The molecule has 3 heteroatoms. The minimum Gasteiger partial charge on any atom is -0.463 e.